The van der Waals surface area contributed by atoms with Gasteiger partial charge in [0.2, 0.25) is 6.79 Å². The Morgan fingerprint density at radius 1 is 0.810 bits per heavy atom. The molecular formula is C5H32Cl2O12PZr+. The van der Waals surface area contributed by atoms with Gasteiger partial charge in [-0.25, -0.2) is 0 Å². The molecule has 0 aliphatic rings. The van der Waals surface area contributed by atoms with E-state index >= 15 is 0 Å². The first-order valence-electron chi connectivity index (χ1n) is 3.00. The summed E-state index contributed by atoms with van der Waals surface area (Å²) in [6, 6.07) is 0. The predicted octanol–water partition coefficient (Wildman–Crippen LogP) is -3.87. The van der Waals surface area contributed by atoms with Crippen LogP contribution in [0, 0.1) is 0 Å². The molecular weight excluding hydrogens is 445 g/mol. The minimum absolute atomic E-state index is 0. The van der Waals surface area contributed by atoms with Crippen molar-refractivity contribution < 1.29 is 85.2 Å². The van der Waals surface area contributed by atoms with Crippen molar-refractivity contribution in [3.8, 4) is 0 Å². The SMILES string of the molecule is CC.COCO[P+](C)=O.Cl.Cl.O.O.O.O.O.O.O.O.[O]=[Zr]. The van der Waals surface area contributed by atoms with Crippen LogP contribution in [-0.2, 0) is 41.4 Å². The zero-order chi connectivity index (χ0) is 9.70. The number of hydrogen-bond acceptors (Lipinski definition) is 4. The molecule has 0 aliphatic carbocycles. The second-order valence-corrected chi connectivity index (χ2v) is 2.11. The van der Waals surface area contributed by atoms with Crippen LogP contribution in [0.15, 0.2) is 0 Å². The van der Waals surface area contributed by atoms with Crippen molar-refractivity contribution in [2.45, 2.75) is 13.8 Å². The number of hydrogen-bond donors (Lipinski definition) is 0. The van der Waals surface area contributed by atoms with E-state index in [9.17, 15) is 4.57 Å². The Balaban J connectivity index is -0.00000000388. The Kier molecular flexibility index (Phi) is 986. The maximum atomic E-state index is 10.0. The van der Waals surface area contributed by atoms with Gasteiger partial charge in [0.25, 0.3) is 0 Å². The van der Waals surface area contributed by atoms with Crippen molar-refractivity contribution in [1.29, 1.82) is 0 Å². The summed E-state index contributed by atoms with van der Waals surface area (Å²) in [6.07, 6.45) is 0. The van der Waals surface area contributed by atoms with E-state index in [-0.39, 0.29) is 75.4 Å². The van der Waals surface area contributed by atoms with Crippen molar-refractivity contribution in [3.05, 3.63) is 0 Å². The molecule has 0 saturated heterocycles. The molecule has 0 bridgehead atoms. The van der Waals surface area contributed by atoms with Crippen LogP contribution in [0.4, 0.5) is 0 Å². The molecule has 16 heteroatoms. The fourth-order valence-electron chi connectivity index (χ4n) is 0.127. The molecule has 0 aromatic carbocycles. The van der Waals surface area contributed by atoms with Gasteiger partial charge in [-0.3, -0.25) is 0 Å². The quantitative estimate of drug-likeness (QED) is 0.291. The van der Waals surface area contributed by atoms with Crippen LogP contribution in [0.3, 0.4) is 0 Å². The Morgan fingerprint density at radius 2 is 1.00 bits per heavy atom. The summed E-state index contributed by atoms with van der Waals surface area (Å²) in [5, 5.41) is 0. The van der Waals surface area contributed by atoms with E-state index in [0.717, 1.165) is 0 Å². The number of methoxy groups -OCH3 is 1. The summed E-state index contributed by atoms with van der Waals surface area (Å²) in [5.41, 5.74) is 0. The second kappa shape index (κ2) is 172. The predicted molar refractivity (Wildman–Crippen MR) is 81.9 cm³/mol. The van der Waals surface area contributed by atoms with Gasteiger partial charge < -0.3 is 48.5 Å². The Hall–Kier alpha value is 0.963. The molecule has 0 spiro atoms. The third-order valence-corrected chi connectivity index (χ3v) is 0.821. The molecule has 0 aliphatic heterocycles. The van der Waals surface area contributed by atoms with E-state index in [4.69, 9.17) is 2.81 Å². The molecule has 16 N–H and O–H groups in total. The number of ether oxygens (including phenoxy) is 1. The standard InChI is InChI=1S/C3H8O3P.C2H6.2ClH.8H2O.O.Zr/c1-5-3-6-7(2)4;1-2;;;;;;;;;;;;/h3H2,1-2H3;1-2H3;2*1H;8*1H2;;/q+1;;;;;;;;;;;;;. The van der Waals surface area contributed by atoms with Crippen molar-refractivity contribution in [3.63, 3.8) is 0 Å². The van der Waals surface area contributed by atoms with Crippen LogP contribution < -0.4 is 0 Å². The first kappa shape index (κ1) is 120. The molecule has 0 aromatic rings. The van der Waals surface area contributed by atoms with E-state index in [2.05, 4.69) is 9.26 Å². The summed E-state index contributed by atoms with van der Waals surface area (Å²) in [4.78, 5) is 0. The zero-order valence-corrected chi connectivity index (χ0v) is 17.1. The van der Waals surface area contributed by atoms with E-state index < -0.39 is 8.03 Å². The van der Waals surface area contributed by atoms with Crippen LogP contribution in [0.5, 0.6) is 0 Å². The van der Waals surface area contributed by atoms with Gasteiger partial charge in [0.15, 0.2) is 6.66 Å². The van der Waals surface area contributed by atoms with Crippen molar-refractivity contribution >= 4 is 32.8 Å². The first-order chi connectivity index (χ1) is 5.27. The van der Waals surface area contributed by atoms with Gasteiger partial charge in [0, 0.05) is 7.11 Å². The number of rotatable bonds is 3. The van der Waals surface area contributed by atoms with Crippen LogP contribution >= 0.6 is 32.8 Å². The van der Waals surface area contributed by atoms with Gasteiger partial charge in [-0.1, -0.05) is 13.8 Å². The van der Waals surface area contributed by atoms with Gasteiger partial charge >= 0.3 is 35.6 Å². The normalized spacial score (nSPS) is 4.24. The molecule has 1 unspecified atom stereocenters. The zero-order valence-electron chi connectivity index (χ0n) is 12.1. The van der Waals surface area contributed by atoms with Gasteiger partial charge in [0.1, 0.15) is 0 Å². The molecule has 0 fully saturated rings. The molecule has 1 atom stereocenters. The molecule has 21 heavy (non-hydrogen) atoms. The summed E-state index contributed by atoms with van der Waals surface area (Å²) in [6.45, 7) is 5.60. The van der Waals surface area contributed by atoms with Crippen molar-refractivity contribution in [2.24, 2.45) is 0 Å². The summed E-state index contributed by atoms with van der Waals surface area (Å²) in [5.74, 6) is 0. The van der Waals surface area contributed by atoms with E-state index in [1.165, 1.54) is 13.8 Å². The average Bonchev–Trinajstić information content (AvgIpc) is 2.08. The summed E-state index contributed by atoms with van der Waals surface area (Å²) >= 11 is 0.300. The van der Waals surface area contributed by atoms with Crippen LogP contribution in [0.1, 0.15) is 13.8 Å². The fraction of sp³-hybridized carbons (Fsp3) is 1.00. The molecule has 0 radical (unpaired) electrons. The fourth-order valence-corrected chi connectivity index (χ4v) is 0.381. The topological polar surface area (TPSA) is 305 Å². The molecule has 0 rings (SSSR count). The minimum atomic E-state index is -1.48. The molecule has 146 valence electrons. The van der Waals surface area contributed by atoms with Gasteiger partial charge in [0.05, 0.1) is 0 Å². The third kappa shape index (κ3) is 306. The summed E-state index contributed by atoms with van der Waals surface area (Å²) < 4.78 is 27.3. The molecule has 12 nitrogen and oxygen atoms in total. The molecule has 0 heterocycles. The van der Waals surface area contributed by atoms with E-state index in [1.807, 2.05) is 13.8 Å². The Labute approximate surface area is 152 Å². The first-order valence-corrected chi connectivity index (χ1v) is 5.63. The Morgan fingerprint density at radius 3 is 1.05 bits per heavy atom. The van der Waals surface area contributed by atoms with Crippen LogP contribution in [0.25, 0.3) is 0 Å². The number of halogens is 2. The van der Waals surface area contributed by atoms with E-state index in [0.29, 0.717) is 24.7 Å². The van der Waals surface area contributed by atoms with Crippen molar-refractivity contribution in [2.75, 3.05) is 20.6 Å². The molecule has 0 amide bonds. The second-order valence-electron chi connectivity index (χ2n) is 0.975. The summed E-state index contributed by atoms with van der Waals surface area (Å²) in [7, 11) is 0.00360. The monoisotopic (exact) mass is 475 g/mol. The van der Waals surface area contributed by atoms with Crippen molar-refractivity contribution in [1.82, 2.24) is 0 Å². The Bertz CT molecular complexity index is 98.0. The van der Waals surface area contributed by atoms with Gasteiger partial charge in [-0.15, -0.1) is 29.3 Å². The van der Waals surface area contributed by atoms with E-state index in [1.54, 1.807) is 0 Å². The maximum absolute atomic E-state index is 10.0. The average molecular weight is 477 g/mol. The molecule has 0 saturated carbocycles. The molecule has 0 aromatic heterocycles. The third-order valence-electron chi connectivity index (χ3n) is 0.352. The van der Waals surface area contributed by atoms with Crippen LogP contribution in [0.2, 0.25) is 0 Å². The van der Waals surface area contributed by atoms with Gasteiger partial charge in [-0.05, 0) is 4.57 Å². The van der Waals surface area contributed by atoms with Gasteiger partial charge in [-0.2, -0.15) is 0 Å². The van der Waals surface area contributed by atoms with Crippen LogP contribution in [-0.4, -0.2) is 64.4 Å².